The van der Waals surface area contributed by atoms with Crippen molar-refractivity contribution in [2.75, 3.05) is 20.1 Å². The van der Waals surface area contributed by atoms with Crippen LogP contribution in [0.15, 0.2) is 0 Å². The molecule has 1 aliphatic rings. The second kappa shape index (κ2) is 5.84. The van der Waals surface area contributed by atoms with Crippen LogP contribution in [0.2, 0.25) is 0 Å². The van der Waals surface area contributed by atoms with E-state index in [1.165, 1.54) is 0 Å². The zero-order chi connectivity index (χ0) is 12.0. The summed E-state index contributed by atoms with van der Waals surface area (Å²) in [6.07, 6.45) is 4.31. The fraction of sp³-hybridized carbons (Fsp3) is 0.818. The summed E-state index contributed by atoms with van der Waals surface area (Å²) in [5, 5.41) is 14.7. The Kier molecular flexibility index (Phi) is 4.73. The van der Waals surface area contributed by atoms with Crippen LogP contribution in [0.5, 0.6) is 0 Å². The largest absolute Gasteiger partial charge is 0.481 e. The standard InChI is InChI=1S/C11H20N2O3/c1-12-7-9(14)13-8-11(10(15)16)5-3-2-4-6-11/h12H,2-8H2,1H3,(H,13,14)(H,15,16). The van der Waals surface area contributed by atoms with E-state index in [1.807, 2.05) is 0 Å². The molecule has 5 nitrogen and oxygen atoms in total. The van der Waals surface area contributed by atoms with Gasteiger partial charge in [-0.2, -0.15) is 0 Å². The lowest BCUT2D eigenvalue weighted by molar-refractivity contribution is -0.151. The molecule has 0 aliphatic heterocycles. The molecule has 0 spiro atoms. The minimum atomic E-state index is -0.781. The van der Waals surface area contributed by atoms with Crippen molar-refractivity contribution in [1.82, 2.24) is 10.6 Å². The van der Waals surface area contributed by atoms with Gasteiger partial charge in [0.05, 0.1) is 12.0 Å². The Balaban J connectivity index is 2.51. The van der Waals surface area contributed by atoms with Gasteiger partial charge in [-0.15, -0.1) is 0 Å². The van der Waals surface area contributed by atoms with Crippen LogP contribution in [0.4, 0.5) is 0 Å². The number of hydrogen-bond donors (Lipinski definition) is 3. The topological polar surface area (TPSA) is 78.4 Å². The quantitative estimate of drug-likeness (QED) is 0.634. The molecule has 16 heavy (non-hydrogen) atoms. The Bertz CT molecular complexity index is 260. The summed E-state index contributed by atoms with van der Waals surface area (Å²) in [5.41, 5.74) is -0.734. The third kappa shape index (κ3) is 3.20. The van der Waals surface area contributed by atoms with Crippen molar-refractivity contribution in [2.24, 2.45) is 5.41 Å². The van der Waals surface area contributed by atoms with Crippen LogP contribution in [-0.2, 0) is 9.59 Å². The summed E-state index contributed by atoms with van der Waals surface area (Å²) < 4.78 is 0. The molecule has 0 heterocycles. The lowest BCUT2D eigenvalue weighted by Crippen LogP contribution is -2.46. The van der Waals surface area contributed by atoms with Crippen LogP contribution in [-0.4, -0.2) is 37.1 Å². The SMILES string of the molecule is CNCC(=O)NCC1(C(=O)O)CCCCC1. The van der Waals surface area contributed by atoms with Gasteiger partial charge in [0.25, 0.3) is 0 Å². The van der Waals surface area contributed by atoms with Crippen LogP contribution >= 0.6 is 0 Å². The number of carbonyl (C=O) groups is 2. The second-order valence-corrected chi connectivity index (χ2v) is 4.45. The zero-order valence-corrected chi connectivity index (χ0v) is 9.71. The molecule has 0 bridgehead atoms. The molecular weight excluding hydrogens is 208 g/mol. The molecule has 0 aromatic heterocycles. The van der Waals surface area contributed by atoms with Crippen LogP contribution in [0.25, 0.3) is 0 Å². The van der Waals surface area contributed by atoms with Gasteiger partial charge in [-0.3, -0.25) is 9.59 Å². The van der Waals surface area contributed by atoms with E-state index < -0.39 is 11.4 Å². The summed E-state index contributed by atoms with van der Waals surface area (Å²) in [6.45, 7) is 0.485. The molecule has 1 aliphatic carbocycles. The summed E-state index contributed by atoms with van der Waals surface area (Å²) in [5.74, 6) is -0.925. The van der Waals surface area contributed by atoms with E-state index in [4.69, 9.17) is 0 Å². The highest BCUT2D eigenvalue weighted by Crippen LogP contribution is 2.35. The molecule has 0 aromatic rings. The predicted molar refractivity (Wildman–Crippen MR) is 60.1 cm³/mol. The first kappa shape index (κ1) is 13.0. The summed E-state index contributed by atoms with van der Waals surface area (Å²) in [4.78, 5) is 22.6. The van der Waals surface area contributed by atoms with E-state index in [9.17, 15) is 14.7 Å². The third-order valence-electron chi connectivity index (χ3n) is 3.23. The first-order valence-electron chi connectivity index (χ1n) is 5.75. The molecule has 1 fully saturated rings. The Morgan fingerprint density at radius 2 is 1.88 bits per heavy atom. The van der Waals surface area contributed by atoms with Gasteiger partial charge in [0.2, 0.25) is 5.91 Å². The van der Waals surface area contributed by atoms with Crippen molar-refractivity contribution < 1.29 is 14.7 Å². The highest BCUT2D eigenvalue weighted by molar-refractivity contribution is 5.80. The highest BCUT2D eigenvalue weighted by atomic mass is 16.4. The molecule has 1 rings (SSSR count). The Morgan fingerprint density at radius 1 is 1.25 bits per heavy atom. The minimum Gasteiger partial charge on any atom is -0.481 e. The van der Waals surface area contributed by atoms with Gasteiger partial charge in [0.15, 0.2) is 0 Å². The number of hydrogen-bond acceptors (Lipinski definition) is 3. The monoisotopic (exact) mass is 228 g/mol. The van der Waals surface area contributed by atoms with Gasteiger partial charge < -0.3 is 15.7 Å². The van der Waals surface area contributed by atoms with E-state index in [-0.39, 0.29) is 19.0 Å². The van der Waals surface area contributed by atoms with E-state index in [0.29, 0.717) is 12.8 Å². The van der Waals surface area contributed by atoms with E-state index in [1.54, 1.807) is 7.05 Å². The molecule has 1 amide bonds. The van der Waals surface area contributed by atoms with Crippen LogP contribution in [0.3, 0.4) is 0 Å². The number of carboxylic acid groups (broad SMARTS) is 1. The lowest BCUT2D eigenvalue weighted by atomic mass is 9.74. The number of rotatable bonds is 5. The Morgan fingerprint density at radius 3 is 2.38 bits per heavy atom. The third-order valence-corrected chi connectivity index (χ3v) is 3.23. The van der Waals surface area contributed by atoms with E-state index >= 15 is 0 Å². The molecular formula is C11H20N2O3. The number of carbonyl (C=O) groups excluding carboxylic acids is 1. The zero-order valence-electron chi connectivity index (χ0n) is 9.71. The van der Waals surface area contributed by atoms with Crippen LogP contribution < -0.4 is 10.6 Å². The average Bonchev–Trinajstić information content (AvgIpc) is 2.28. The maximum absolute atomic E-state index is 11.3. The molecule has 0 unspecified atom stereocenters. The summed E-state index contributed by atoms with van der Waals surface area (Å²) in [6, 6.07) is 0. The maximum Gasteiger partial charge on any atom is 0.311 e. The van der Waals surface area contributed by atoms with Gasteiger partial charge in [-0.05, 0) is 19.9 Å². The van der Waals surface area contributed by atoms with Crippen molar-refractivity contribution in [1.29, 1.82) is 0 Å². The predicted octanol–water partition coefficient (Wildman–Crippen LogP) is 0.357. The van der Waals surface area contributed by atoms with Gasteiger partial charge in [0, 0.05) is 6.54 Å². The van der Waals surface area contributed by atoms with Gasteiger partial charge in [-0.25, -0.2) is 0 Å². The molecule has 1 saturated carbocycles. The first-order valence-corrected chi connectivity index (χ1v) is 5.75. The number of aliphatic carboxylic acids is 1. The number of carboxylic acids is 1. The van der Waals surface area contributed by atoms with Crippen molar-refractivity contribution >= 4 is 11.9 Å². The number of likely N-dealkylation sites (N-methyl/N-ethyl adjacent to an activating group) is 1. The van der Waals surface area contributed by atoms with Gasteiger partial charge >= 0.3 is 5.97 Å². The normalized spacial score (nSPS) is 19.1. The number of amides is 1. The van der Waals surface area contributed by atoms with Crippen molar-refractivity contribution in [3.63, 3.8) is 0 Å². The molecule has 5 heteroatoms. The van der Waals surface area contributed by atoms with Gasteiger partial charge in [0.1, 0.15) is 0 Å². The van der Waals surface area contributed by atoms with Crippen molar-refractivity contribution in [3.05, 3.63) is 0 Å². The van der Waals surface area contributed by atoms with E-state index in [0.717, 1.165) is 19.3 Å². The van der Waals surface area contributed by atoms with Gasteiger partial charge in [-0.1, -0.05) is 19.3 Å². The summed E-state index contributed by atoms with van der Waals surface area (Å²) >= 11 is 0. The molecule has 0 saturated heterocycles. The highest BCUT2D eigenvalue weighted by Gasteiger charge is 2.39. The molecule has 0 aromatic carbocycles. The Hall–Kier alpha value is -1.10. The summed E-state index contributed by atoms with van der Waals surface area (Å²) in [7, 11) is 1.69. The first-order chi connectivity index (χ1) is 7.60. The number of nitrogens with one attached hydrogen (secondary N) is 2. The van der Waals surface area contributed by atoms with Crippen molar-refractivity contribution in [2.45, 2.75) is 32.1 Å². The smallest absolute Gasteiger partial charge is 0.311 e. The molecule has 3 N–H and O–H groups in total. The average molecular weight is 228 g/mol. The fourth-order valence-corrected chi connectivity index (χ4v) is 2.19. The maximum atomic E-state index is 11.3. The molecule has 0 radical (unpaired) electrons. The fourth-order valence-electron chi connectivity index (χ4n) is 2.19. The molecule has 92 valence electrons. The van der Waals surface area contributed by atoms with Crippen LogP contribution in [0, 0.1) is 5.41 Å². The lowest BCUT2D eigenvalue weighted by Gasteiger charge is -2.33. The molecule has 0 atom stereocenters. The minimum absolute atomic E-state index is 0.145. The second-order valence-electron chi connectivity index (χ2n) is 4.45. The Labute approximate surface area is 95.6 Å². The van der Waals surface area contributed by atoms with E-state index in [2.05, 4.69) is 10.6 Å². The van der Waals surface area contributed by atoms with Crippen LogP contribution in [0.1, 0.15) is 32.1 Å². The van der Waals surface area contributed by atoms with Crippen molar-refractivity contribution in [3.8, 4) is 0 Å².